The number of hydrogen-bond acceptors (Lipinski definition) is 3. The van der Waals surface area contributed by atoms with Crippen molar-refractivity contribution in [2.24, 2.45) is 0 Å². The van der Waals surface area contributed by atoms with Gasteiger partial charge in [0.2, 0.25) is 6.36 Å². The Hall–Kier alpha value is -0.970. The molecule has 0 N–H and O–H groups in total. The average molecular weight is 192 g/mol. The first kappa shape index (κ1) is 10.1. The van der Waals surface area contributed by atoms with Gasteiger partial charge in [-0.2, -0.15) is 0 Å². The molecule has 74 valence electrons. The second kappa shape index (κ2) is 3.83. The molecule has 4 unspecified atom stereocenters. The Balaban J connectivity index is 2.36. The van der Waals surface area contributed by atoms with Crippen LogP contribution < -0.4 is 0 Å². The minimum atomic E-state index is -1.89. The molecule has 1 aliphatic rings. The van der Waals surface area contributed by atoms with E-state index in [0.717, 1.165) is 6.08 Å². The summed E-state index contributed by atoms with van der Waals surface area (Å²) < 4.78 is 33.9. The van der Waals surface area contributed by atoms with E-state index in [-0.39, 0.29) is 0 Å². The molecule has 0 aromatic heterocycles. The van der Waals surface area contributed by atoms with E-state index in [4.69, 9.17) is 0 Å². The summed E-state index contributed by atoms with van der Waals surface area (Å²) in [5.74, 6) is -0.675. The Kier molecular flexibility index (Phi) is 2.98. The molecular weight excluding hydrogens is 182 g/mol. The number of hydrogen-bond donors (Lipinski definition) is 0. The minimum Gasteiger partial charge on any atom is -0.457 e. The molecule has 0 bridgehead atoms. The van der Waals surface area contributed by atoms with Crippen molar-refractivity contribution >= 4 is 5.97 Å². The van der Waals surface area contributed by atoms with E-state index in [1.54, 1.807) is 0 Å². The molecular formula is C8H10F2O3. The number of esters is 1. The molecule has 4 atom stereocenters. The summed E-state index contributed by atoms with van der Waals surface area (Å²) in [6, 6.07) is 0. The lowest BCUT2D eigenvalue weighted by atomic mass is 10.1. The quantitative estimate of drug-likeness (QED) is 0.496. The number of carbonyl (C=O) groups is 1. The van der Waals surface area contributed by atoms with Gasteiger partial charge in [0.15, 0.2) is 6.17 Å². The fraction of sp³-hybridized carbons (Fsp3) is 0.625. The zero-order valence-corrected chi connectivity index (χ0v) is 7.07. The van der Waals surface area contributed by atoms with Crippen molar-refractivity contribution in [2.45, 2.75) is 31.7 Å². The van der Waals surface area contributed by atoms with Crippen LogP contribution in [-0.4, -0.2) is 30.7 Å². The molecule has 0 amide bonds. The van der Waals surface area contributed by atoms with Gasteiger partial charge in [-0.05, 0) is 6.92 Å². The maximum absolute atomic E-state index is 12.7. The Labute approximate surface area is 74.3 Å². The van der Waals surface area contributed by atoms with Crippen LogP contribution in [0.15, 0.2) is 12.7 Å². The van der Waals surface area contributed by atoms with Gasteiger partial charge in [0.1, 0.15) is 12.2 Å². The van der Waals surface area contributed by atoms with Crippen molar-refractivity contribution in [1.29, 1.82) is 0 Å². The minimum absolute atomic E-state index is 0.675. The lowest BCUT2D eigenvalue weighted by Crippen LogP contribution is -2.54. The average Bonchev–Trinajstić information content (AvgIpc) is 2.12. The van der Waals surface area contributed by atoms with E-state index in [0.29, 0.717) is 0 Å². The Morgan fingerprint density at radius 1 is 1.69 bits per heavy atom. The van der Waals surface area contributed by atoms with Gasteiger partial charge < -0.3 is 9.47 Å². The van der Waals surface area contributed by atoms with Crippen LogP contribution in [0.1, 0.15) is 6.92 Å². The summed E-state index contributed by atoms with van der Waals surface area (Å²) in [5.41, 5.74) is 0. The molecule has 0 saturated carbocycles. The van der Waals surface area contributed by atoms with Crippen LogP contribution in [0.25, 0.3) is 0 Å². The molecule has 1 aliphatic heterocycles. The molecule has 0 aromatic rings. The largest absolute Gasteiger partial charge is 0.457 e. The van der Waals surface area contributed by atoms with Gasteiger partial charge in [0.25, 0.3) is 0 Å². The number of halogens is 2. The number of rotatable bonds is 3. The molecule has 1 heterocycles. The van der Waals surface area contributed by atoms with Gasteiger partial charge in [-0.3, -0.25) is 0 Å². The van der Waals surface area contributed by atoms with Crippen LogP contribution in [0.3, 0.4) is 0 Å². The highest BCUT2D eigenvalue weighted by Crippen LogP contribution is 2.29. The van der Waals surface area contributed by atoms with Crippen molar-refractivity contribution in [3.8, 4) is 0 Å². The summed E-state index contributed by atoms with van der Waals surface area (Å²) in [6.45, 7) is 4.60. The van der Waals surface area contributed by atoms with Crippen LogP contribution >= 0.6 is 0 Å². The van der Waals surface area contributed by atoms with Crippen molar-refractivity contribution < 1.29 is 23.0 Å². The second-order valence-electron chi connectivity index (χ2n) is 2.74. The number of carbonyl (C=O) groups excluding carboxylic acids is 1. The lowest BCUT2D eigenvalue weighted by Gasteiger charge is -2.37. The van der Waals surface area contributed by atoms with Gasteiger partial charge in [-0.25, -0.2) is 13.6 Å². The molecule has 3 nitrogen and oxygen atoms in total. The van der Waals surface area contributed by atoms with E-state index < -0.39 is 30.7 Å². The van der Waals surface area contributed by atoms with Gasteiger partial charge >= 0.3 is 5.97 Å². The van der Waals surface area contributed by atoms with Crippen LogP contribution in [-0.2, 0) is 14.3 Å². The molecule has 0 radical (unpaired) electrons. The first-order valence-corrected chi connectivity index (χ1v) is 3.83. The molecule has 5 heteroatoms. The second-order valence-corrected chi connectivity index (χ2v) is 2.74. The monoisotopic (exact) mass is 192 g/mol. The van der Waals surface area contributed by atoms with E-state index in [1.165, 1.54) is 6.92 Å². The van der Waals surface area contributed by atoms with Crippen molar-refractivity contribution in [1.82, 2.24) is 0 Å². The van der Waals surface area contributed by atoms with Crippen molar-refractivity contribution in [2.75, 3.05) is 0 Å². The van der Waals surface area contributed by atoms with Gasteiger partial charge in [-0.15, -0.1) is 0 Å². The summed E-state index contributed by atoms with van der Waals surface area (Å²) in [6.07, 6.45) is -4.45. The Morgan fingerprint density at radius 3 is 2.69 bits per heavy atom. The van der Waals surface area contributed by atoms with E-state index in [9.17, 15) is 13.6 Å². The summed E-state index contributed by atoms with van der Waals surface area (Å²) in [7, 11) is 0. The fourth-order valence-electron chi connectivity index (χ4n) is 1.03. The number of ether oxygens (including phenoxy) is 2. The third-order valence-corrected chi connectivity index (χ3v) is 1.78. The first-order valence-electron chi connectivity index (χ1n) is 3.83. The highest BCUT2D eigenvalue weighted by Gasteiger charge is 2.47. The van der Waals surface area contributed by atoms with Crippen LogP contribution in [0, 0.1) is 0 Å². The lowest BCUT2D eigenvalue weighted by molar-refractivity contribution is -0.274. The third kappa shape index (κ3) is 2.03. The SMILES string of the molecule is C=CC(=O)OC(C)C1OC(F)C1F. The van der Waals surface area contributed by atoms with Crippen molar-refractivity contribution in [3.63, 3.8) is 0 Å². The molecule has 0 aromatic carbocycles. The molecule has 1 fully saturated rings. The van der Waals surface area contributed by atoms with Crippen LogP contribution in [0.4, 0.5) is 8.78 Å². The normalized spacial score (nSPS) is 34.5. The van der Waals surface area contributed by atoms with E-state index in [1.807, 2.05) is 0 Å². The molecule has 1 rings (SSSR count). The first-order chi connectivity index (χ1) is 6.06. The maximum atomic E-state index is 12.7. The van der Waals surface area contributed by atoms with Crippen LogP contribution in [0.2, 0.25) is 0 Å². The predicted octanol–water partition coefficient (Wildman–Crippen LogP) is 1.14. The van der Waals surface area contributed by atoms with Gasteiger partial charge in [0.05, 0.1) is 0 Å². The van der Waals surface area contributed by atoms with Gasteiger partial charge in [0, 0.05) is 6.08 Å². The molecule has 13 heavy (non-hydrogen) atoms. The third-order valence-electron chi connectivity index (χ3n) is 1.78. The fourth-order valence-corrected chi connectivity index (χ4v) is 1.03. The summed E-state index contributed by atoms with van der Waals surface area (Å²) >= 11 is 0. The smallest absolute Gasteiger partial charge is 0.330 e. The zero-order valence-electron chi connectivity index (χ0n) is 7.07. The van der Waals surface area contributed by atoms with Gasteiger partial charge in [-0.1, -0.05) is 6.58 Å². The summed E-state index contributed by atoms with van der Waals surface area (Å²) in [5, 5.41) is 0. The van der Waals surface area contributed by atoms with Crippen LogP contribution in [0.5, 0.6) is 0 Å². The molecule has 0 aliphatic carbocycles. The standard InChI is InChI=1S/C8H10F2O3/c1-3-5(11)12-4(2)7-6(9)8(10)13-7/h3-4,6-8H,1H2,2H3. The highest BCUT2D eigenvalue weighted by atomic mass is 19.2. The van der Waals surface area contributed by atoms with E-state index in [2.05, 4.69) is 16.1 Å². The maximum Gasteiger partial charge on any atom is 0.330 e. The topological polar surface area (TPSA) is 35.5 Å². The highest BCUT2D eigenvalue weighted by molar-refractivity contribution is 5.81. The molecule has 1 saturated heterocycles. The number of alkyl halides is 2. The Bertz CT molecular complexity index is 219. The van der Waals surface area contributed by atoms with Crippen molar-refractivity contribution in [3.05, 3.63) is 12.7 Å². The molecule has 0 spiro atoms. The zero-order chi connectivity index (χ0) is 10.0. The summed E-state index contributed by atoms with van der Waals surface area (Å²) in [4.78, 5) is 10.6. The Morgan fingerprint density at radius 2 is 2.31 bits per heavy atom. The van der Waals surface area contributed by atoms with E-state index >= 15 is 0 Å². The predicted molar refractivity (Wildman–Crippen MR) is 40.4 cm³/mol.